The lowest BCUT2D eigenvalue weighted by Gasteiger charge is -2.04. The smallest absolute Gasteiger partial charge is 0.272 e. The van der Waals surface area contributed by atoms with Crippen LogP contribution in [0.1, 0.15) is 99.7 Å². The molecule has 0 fully saturated rings. The number of hydrogen-bond acceptors (Lipinski definition) is 8. The number of nitrogens with two attached hydrogens (primary N) is 2. The molecule has 0 saturated carbocycles. The molecule has 0 aliphatic rings. The van der Waals surface area contributed by atoms with Gasteiger partial charge in [-0.1, -0.05) is 19.3 Å². The highest BCUT2D eigenvalue weighted by molar-refractivity contribution is 6.06. The summed E-state index contributed by atoms with van der Waals surface area (Å²) in [6.45, 7) is 0.444. The molecule has 0 atom stereocenters. The van der Waals surface area contributed by atoms with E-state index in [-0.39, 0.29) is 73.6 Å². The number of nitrogens with zero attached hydrogens (tertiary/aromatic N) is 4. The Hall–Kier alpha value is -6.83. The molecule has 20 nitrogen and oxygen atoms in total. The highest BCUT2D eigenvalue weighted by Crippen LogP contribution is 2.20. The number of amides is 6. The zero-order chi connectivity index (χ0) is 43.2. The van der Waals surface area contributed by atoms with Crippen molar-refractivity contribution >= 4 is 82.3 Å². The normalized spacial score (nSPS) is 10.6. The van der Waals surface area contributed by atoms with Crippen molar-refractivity contribution in [2.45, 2.75) is 57.8 Å². The van der Waals surface area contributed by atoms with E-state index in [0.717, 1.165) is 19.3 Å². The van der Waals surface area contributed by atoms with E-state index in [2.05, 4.69) is 31.9 Å². The first-order valence-corrected chi connectivity index (χ1v) is 19.1. The minimum atomic E-state index is -0.418. The molecule has 21 heteroatoms. The number of amidine groups is 2. The summed E-state index contributed by atoms with van der Waals surface area (Å²) >= 11 is 0. The van der Waals surface area contributed by atoms with E-state index >= 15 is 0 Å². The number of rotatable bonds is 22. The van der Waals surface area contributed by atoms with Gasteiger partial charge in [0.25, 0.3) is 23.6 Å². The summed E-state index contributed by atoms with van der Waals surface area (Å²) in [5.74, 6) is -1.98. The van der Waals surface area contributed by atoms with Gasteiger partial charge >= 0.3 is 0 Å². The van der Waals surface area contributed by atoms with Crippen molar-refractivity contribution in [1.82, 2.24) is 28.9 Å². The second kappa shape index (κ2) is 22.4. The molecule has 0 radical (unpaired) electrons. The third kappa shape index (κ3) is 14.2. The first kappa shape index (κ1) is 47.5. The van der Waals surface area contributed by atoms with Gasteiger partial charge in [-0.25, -0.2) is 0 Å². The summed E-state index contributed by atoms with van der Waals surface area (Å²) in [4.78, 5) is 76.2. The van der Waals surface area contributed by atoms with Crippen LogP contribution in [0.3, 0.4) is 0 Å². The Bertz CT molecular complexity index is 2060. The van der Waals surface area contributed by atoms with Gasteiger partial charge in [0, 0.05) is 91.8 Å². The number of aromatic nitrogens is 4. The fourth-order valence-corrected chi connectivity index (χ4v) is 6.18. The van der Waals surface area contributed by atoms with Gasteiger partial charge in [0.05, 0.1) is 34.4 Å². The fraction of sp³-hybridized carbons (Fsp3) is 0.385. The Kier molecular flexibility index (Phi) is 17.7. The minimum Gasteiger partial charge on any atom is -0.388 e. The fourth-order valence-electron chi connectivity index (χ4n) is 6.18. The molecule has 324 valence electrons. The first-order chi connectivity index (χ1) is 28.0. The van der Waals surface area contributed by atoms with Gasteiger partial charge < -0.3 is 61.6 Å². The van der Waals surface area contributed by atoms with Gasteiger partial charge in [-0.2, -0.15) is 0 Å². The molecule has 4 heterocycles. The van der Waals surface area contributed by atoms with E-state index in [1.54, 1.807) is 95.5 Å². The van der Waals surface area contributed by atoms with Gasteiger partial charge in [0.1, 0.15) is 22.8 Å². The van der Waals surface area contributed by atoms with Gasteiger partial charge in [-0.3, -0.25) is 39.6 Å². The van der Waals surface area contributed by atoms with Crippen molar-refractivity contribution in [1.29, 1.82) is 10.8 Å². The molecule has 4 aromatic rings. The van der Waals surface area contributed by atoms with Crippen molar-refractivity contribution < 1.29 is 28.8 Å². The highest BCUT2D eigenvalue weighted by atomic mass is 35.5. The zero-order valence-electron chi connectivity index (χ0n) is 34.2. The van der Waals surface area contributed by atoms with E-state index < -0.39 is 11.8 Å². The van der Waals surface area contributed by atoms with Crippen LogP contribution in [-0.4, -0.2) is 78.5 Å². The molecule has 6 amide bonds. The lowest BCUT2D eigenvalue weighted by molar-refractivity contribution is -0.117. The molecular formula is C39H55ClN14O6. The monoisotopic (exact) mass is 850 g/mol. The van der Waals surface area contributed by atoms with Crippen molar-refractivity contribution in [3.63, 3.8) is 0 Å². The predicted octanol–water partition coefficient (Wildman–Crippen LogP) is 3.39. The number of aryl methyl sites for hydroxylation is 4. The van der Waals surface area contributed by atoms with Crippen molar-refractivity contribution in [2.75, 3.05) is 34.4 Å². The molecule has 0 bridgehead atoms. The van der Waals surface area contributed by atoms with Gasteiger partial charge in [0.2, 0.25) is 11.8 Å². The summed E-state index contributed by atoms with van der Waals surface area (Å²) in [5, 5.41) is 31.1. The van der Waals surface area contributed by atoms with E-state index in [4.69, 9.17) is 22.3 Å². The average Bonchev–Trinajstić information content (AvgIpc) is 3.92. The third-order valence-corrected chi connectivity index (χ3v) is 9.20. The second-order valence-electron chi connectivity index (χ2n) is 14.2. The standard InChI is InChI=1S/C39H54N14O6.ClH/c1-50-22-26(18-28(50)36(56)44-14-12-32(40)41)48-38(58)30-16-24(20-52(30)3)46-34(54)10-8-6-5-7-9-11-35(55)47-25-17-31(53(4)21-25)39(59)49-27-19-29(51(2)23-27)37(57)45-15-13-33(42)43;/h16-23H,5-15H2,1-4H3,(H3,40,41)(H3,42,43)(H,44,56)(H,45,57)(H,46,54)(H,47,55)(H,48,58)(H,49,59);1H. The van der Waals surface area contributed by atoms with Crippen LogP contribution in [0.2, 0.25) is 0 Å². The van der Waals surface area contributed by atoms with Crippen molar-refractivity contribution in [3.05, 3.63) is 71.8 Å². The number of carbonyl (C=O) groups is 6. The third-order valence-electron chi connectivity index (χ3n) is 9.20. The highest BCUT2D eigenvalue weighted by Gasteiger charge is 2.19. The largest absolute Gasteiger partial charge is 0.388 e. The molecule has 0 unspecified atom stereocenters. The van der Waals surface area contributed by atoms with Crippen LogP contribution in [0.5, 0.6) is 0 Å². The Morgan fingerprint density at radius 2 is 0.750 bits per heavy atom. The molecule has 4 rings (SSSR count). The van der Waals surface area contributed by atoms with E-state index in [1.807, 2.05) is 0 Å². The van der Waals surface area contributed by atoms with Gasteiger partial charge in [-0.05, 0) is 37.1 Å². The van der Waals surface area contributed by atoms with Crippen molar-refractivity contribution in [3.8, 4) is 0 Å². The number of halogens is 1. The van der Waals surface area contributed by atoms with Crippen LogP contribution in [0.15, 0.2) is 49.1 Å². The molecule has 0 aliphatic carbocycles. The average molecular weight is 851 g/mol. The lowest BCUT2D eigenvalue weighted by Crippen LogP contribution is -2.28. The van der Waals surface area contributed by atoms with Crippen LogP contribution in [0.4, 0.5) is 22.7 Å². The topological polar surface area (TPSA) is 294 Å². The molecule has 0 spiro atoms. The van der Waals surface area contributed by atoms with Crippen LogP contribution < -0.4 is 43.4 Å². The van der Waals surface area contributed by atoms with Crippen molar-refractivity contribution in [2.24, 2.45) is 39.7 Å². The van der Waals surface area contributed by atoms with E-state index in [1.165, 1.54) is 0 Å². The predicted molar refractivity (Wildman–Crippen MR) is 232 cm³/mol. The maximum Gasteiger partial charge on any atom is 0.272 e. The quantitative estimate of drug-likeness (QED) is 0.0317. The number of hydrogen-bond donors (Lipinski definition) is 10. The number of anilines is 4. The Balaban J connectivity index is 0.00000961. The molecular weight excluding hydrogens is 796 g/mol. The van der Waals surface area contributed by atoms with Crippen LogP contribution in [-0.2, 0) is 37.8 Å². The van der Waals surface area contributed by atoms with Crippen LogP contribution in [0.25, 0.3) is 0 Å². The summed E-state index contributed by atoms with van der Waals surface area (Å²) in [6, 6.07) is 6.24. The van der Waals surface area contributed by atoms with Gasteiger partial charge in [-0.15, -0.1) is 12.4 Å². The maximum absolute atomic E-state index is 13.0. The first-order valence-electron chi connectivity index (χ1n) is 19.1. The SMILES string of the molecule is Cl.Cn1cc(NC(=O)c2cc(NC(=O)CCCCCCCC(=O)Nc3cc(C(=O)Nc4cc(C(=O)NCCC(=N)N)n(C)c4)n(C)c3)cn2C)cc1C(=O)NCCC(=N)N. The molecule has 4 aromatic heterocycles. The Morgan fingerprint density at radius 3 is 1.07 bits per heavy atom. The second-order valence-corrected chi connectivity index (χ2v) is 14.2. The van der Waals surface area contributed by atoms with Crippen LogP contribution >= 0.6 is 12.4 Å². The van der Waals surface area contributed by atoms with E-state index in [0.29, 0.717) is 71.2 Å². The number of carbonyl (C=O) groups excluding carboxylic acids is 6. The van der Waals surface area contributed by atoms with Crippen LogP contribution in [0, 0.1) is 10.8 Å². The Labute approximate surface area is 353 Å². The summed E-state index contributed by atoms with van der Waals surface area (Å²) in [7, 11) is 6.73. The maximum atomic E-state index is 13.0. The number of nitrogens with one attached hydrogen (secondary N) is 8. The number of unbranched alkanes of at least 4 members (excludes halogenated alkanes) is 4. The van der Waals surface area contributed by atoms with E-state index in [9.17, 15) is 28.8 Å². The lowest BCUT2D eigenvalue weighted by atomic mass is 10.1. The Morgan fingerprint density at radius 1 is 0.467 bits per heavy atom. The minimum absolute atomic E-state index is 0. The summed E-state index contributed by atoms with van der Waals surface area (Å²) < 4.78 is 6.35. The van der Waals surface area contributed by atoms with Gasteiger partial charge in [0.15, 0.2) is 0 Å². The molecule has 0 aliphatic heterocycles. The summed E-state index contributed by atoms with van der Waals surface area (Å²) in [6.07, 6.45) is 11.3. The molecule has 60 heavy (non-hydrogen) atoms. The molecule has 0 saturated heterocycles. The summed E-state index contributed by atoms with van der Waals surface area (Å²) in [5.41, 5.74) is 13.7. The molecule has 12 N–H and O–H groups in total. The zero-order valence-corrected chi connectivity index (χ0v) is 35.0. The molecule has 0 aromatic carbocycles.